The van der Waals surface area contributed by atoms with Gasteiger partial charge in [0.05, 0.1) is 0 Å². The van der Waals surface area contributed by atoms with Crippen LogP contribution in [0.2, 0.25) is 0 Å². The maximum Gasteiger partial charge on any atom is 0.159 e. The van der Waals surface area contributed by atoms with Crippen molar-refractivity contribution in [3.8, 4) is 0 Å². The van der Waals surface area contributed by atoms with E-state index in [-0.39, 0.29) is 5.54 Å². The third-order valence-corrected chi connectivity index (χ3v) is 3.58. The molecule has 2 nitrogen and oxygen atoms in total. The second kappa shape index (κ2) is 4.35. The van der Waals surface area contributed by atoms with Crippen LogP contribution in [-0.2, 0) is 6.54 Å². The van der Waals surface area contributed by atoms with E-state index >= 15 is 0 Å². The number of hydrogen-bond acceptors (Lipinski definition) is 2. The van der Waals surface area contributed by atoms with Crippen molar-refractivity contribution in [2.24, 2.45) is 11.7 Å². The average molecular weight is 240 g/mol. The maximum absolute atomic E-state index is 13.0. The van der Waals surface area contributed by atoms with Gasteiger partial charge in [-0.1, -0.05) is 19.9 Å². The van der Waals surface area contributed by atoms with E-state index in [1.165, 1.54) is 12.1 Å². The summed E-state index contributed by atoms with van der Waals surface area (Å²) in [6.45, 7) is 6.46. The van der Waals surface area contributed by atoms with E-state index in [2.05, 4.69) is 18.7 Å². The first-order valence-electron chi connectivity index (χ1n) is 5.86. The molecular formula is C13H18F2N2. The summed E-state index contributed by atoms with van der Waals surface area (Å²) in [6.07, 6.45) is 0. The molecule has 0 saturated carbocycles. The van der Waals surface area contributed by atoms with Gasteiger partial charge in [-0.2, -0.15) is 0 Å². The fraction of sp³-hybridized carbons (Fsp3) is 0.538. The molecule has 0 bridgehead atoms. The highest BCUT2D eigenvalue weighted by Crippen LogP contribution is 2.27. The third kappa shape index (κ3) is 2.48. The zero-order valence-corrected chi connectivity index (χ0v) is 10.2. The molecule has 0 amide bonds. The first-order valence-corrected chi connectivity index (χ1v) is 5.86. The highest BCUT2D eigenvalue weighted by molar-refractivity contribution is 5.18. The van der Waals surface area contributed by atoms with Crippen molar-refractivity contribution in [1.82, 2.24) is 4.90 Å². The van der Waals surface area contributed by atoms with Gasteiger partial charge in [0.25, 0.3) is 0 Å². The van der Waals surface area contributed by atoms with Gasteiger partial charge in [0.15, 0.2) is 11.6 Å². The number of benzene rings is 1. The molecule has 2 rings (SSSR count). The molecule has 1 aromatic rings. The van der Waals surface area contributed by atoms with Crippen molar-refractivity contribution >= 4 is 0 Å². The molecule has 0 unspecified atom stereocenters. The number of nitrogens with two attached hydrogens (primary N) is 1. The monoisotopic (exact) mass is 240 g/mol. The van der Waals surface area contributed by atoms with E-state index in [0.717, 1.165) is 18.7 Å². The highest BCUT2D eigenvalue weighted by Gasteiger charge is 2.41. The van der Waals surface area contributed by atoms with Crippen LogP contribution in [-0.4, -0.2) is 23.5 Å². The van der Waals surface area contributed by atoms with E-state index < -0.39 is 11.6 Å². The average Bonchev–Trinajstić information content (AvgIpc) is 2.20. The lowest BCUT2D eigenvalue weighted by Gasteiger charge is -2.50. The van der Waals surface area contributed by atoms with Crippen molar-refractivity contribution < 1.29 is 8.78 Å². The molecule has 0 radical (unpaired) electrons. The minimum Gasteiger partial charge on any atom is -0.323 e. The standard InChI is InChI=1S/C13H18F2N2/c1-9(2)13(16)7-17(8-13)6-10-3-4-11(14)12(15)5-10/h3-5,9H,6-8,16H2,1-2H3. The Morgan fingerprint density at radius 2 is 1.94 bits per heavy atom. The summed E-state index contributed by atoms with van der Waals surface area (Å²) in [5, 5.41) is 0. The normalized spacial score (nSPS) is 19.4. The summed E-state index contributed by atoms with van der Waals surface area (Å²) in [5.41, 5.74) is 6.83. The molecule has 0 aliphatic carbocycles. The number of rotatable bonds is 3. The number of hydrogen-bond donors (Lipinski definition) is 1. The summed E-state index contributed by atoms with van der Waals surface area (Å²) < 4.78 is 25.8. The summed E-state index contributed by atoms with van der Waals surface area (Å²) in [5.74, 6) is -1.15. The first-order chi connectivity index (χ1) is 7.90. The summed E-state index contributed by atoms with van der Waals surface area (Å²) >= 11 is 0. The Labute approximate surface area is 100 Å². The molecule has 1 aliphatic heterocycles. The lowest BCUT2D eigenvalue weighted by molar-refractivity contribution is 0.0312. The van der Waals surface area contributed by atoms with Crippen LogP contribution in [0.25, 0.3) is 0 Å². The number of likely N-dealkylation sites (tertiary alicyclic amines) is 1. The minimum atomic E-state index is -0.798. The van der Waals surface area contributed by atoms with Crippen LogP contribution in [0.4, 0.5) is 8.78 Å². The summed E-state index contributed by atoms with van der Waals surface area (Å²) in [4.78, 5) is 2.15. The van der Waals surface area contributed by atoms with Gasteiger partial charge >= 0.3 is 0 Å². The molecule has 17 heavy (non-hydrogen) atoms. The fourth-order valence-corrected chi connectivity index (χ4v) is 2.16. The van der Waals surface area contributed by atoms with E-state index in [1.54, 1.807) is 6.07 Å². The predicted octanol–water partition coefficient (Wildman–Crippen LogP) is 2.13. The van der Waals surface area contributed by atoms with Crippen molar-refractivity contribution in [3.05, 3.63) is 35.4 Å². The predicted molar refractivity (Wildman–Crippen MR) is 63.4 cm³/mol. The van der Waals surface area contributed by atoms with Crippen molar-refractivity contribution in [1.29, 1.82) is 0 Å². The fourth-order valence-electron chi connectivity index (χ4n) is 2.16. The molecule has 94 valence electrons. The van der Waals surface area contributed by atoms with Gasteiger partial charge in [0.2, 0.25) is 0 Å². The van der Waals surface area contributed by atoms with Gasteiger partial charge < -0.3 is 5.73 Å². The molecule has 4 heteroatoms. The molecule has 0 spiro atoms. The van der Waals surface area contributed by atoms with E-state index in [1.807, 2.05) is 0 Å². The molecule has 0 atom stereocenters. The van der Waals surface area contributed by atoms with Crippen LogP contribution >= 0.6 is 0 Å². The molecule has 1 saturated heterocycles. The van der Waals surface area contributed by atoms with Gasteiger partial charge in [-0.15, -0.1) is 0 Å². The van der Waals surface area contributed by atoms with Gasteiger partial charge in [0, 0.05) is 25.2 Å². The van der Waals surface area contributed by atoms with Gasteiger partial charge in [-0.05, 0) is 23.6 Å². The van der Waals surface area contributed by atoms with Crippen LogP contribution in [0.5, 0.6) is 0 Å². The highest BCUT2D eigenvalue weighted by atomic mass is 19.2. The summed E-state index contributed by atoms with van der Waals surface area (Å²) in [6, 6.07) is 4.04. The zero-order chi connectivity index (χ0) is 12.6. The topological polar surface area (TPSA) is 29.3 Å². The van der Waals surface area contributed by atoms with Gasteiger partial charge in [0.1, 0.15) is 0 Å². The number of halogens is 2. The molecule has 1 aliphatic rings. The lowest BCUT2D eigenvalue weighted by Crippen LogP contribution is -2.69. The second-order valence-electron chi connectivity index (χ2n) is 5.28. The molecular weight excluding hydrogens is 222 g/mol. The Hall–Kier alpha value is -1.00. The molecule has 2 N–H and O–H groups in total. The Bertz CT molecular complexity index is 412. The van der Waals surface area contributed by atoms with Crippen LogP contribution in [0.15, 0.2) is 18.2 Å². The molecule has 1 fully saturated rings. The lowest BCUT2D eigenvalue weighted by atomic mass is 9.80. The SMILES string of the molecule is CC(C)C1(N)CN(Cc2ccc(F)c(F)c2)C1. The Kier molecular flexibility index (Phi) is 3.19. The molecule has 1 aromatic carbocycles. The smallest absolute Gasteiger partial charge is 0.159 e. The third-order valence-electron chi connectivity index (χ3n) is 3.58. The molecule has 1 heterocycles. The van der Waals surface area contributed by atoms with Crippen LogP contribution in [0.3, 0.4) is 0 Å². The minimum absolute atomic E-state index is 0.126. The summed E-state index contributed by atoms with van der Waals surface area (Å²) in [7, 11) is 0. The van der Waals surface area contributed by atoms with E-state index in [4.69, 9.17) is 5.73 Å². The Balaban J connectivity index is 1.94. The first kappa shape index (κ1) is 12.5. The molecule has 0 aromatic heterocycles. The van der Waals surface area contributed by atoms with Crippen LogP contribution in [0.1, 0.15) is 19.4 Å². The van der Waals surface area contributed by atoms with Crippen molar-refractivity contribution in [2.45, 2.75) is 25.9 Å². The van der Waals surface area contributed by atoms with E-state index in [0.29, 0.717) is 12.5 Å². The second-order valence-corrected chi connectivity index (χ2v) is 5.28. The van der Waals surface area contributed by atoms with Gasteiger partial charge in [-0.25, -0.2) is 8.78 Å². The van der Waals surface area contributed by atoms with E-state index in [9.17, 15) is 8.78 Å². The van der Waals surface area contributed by atoms with Crippen LogP contribution < -0.4 is 5.73 Å². The van der Waals surface area contributed by atoms with Crippen molar-refractivity contribution in [2.75, 3.05) is 13.1 Å². The van der Waals surface area contributed by atoms with Crippen molar-refractivity contribution in [3.63, 3.8) is 0 Å². The largest absolute Gasteiger partial charge is 0.323 e. The van der Waals surface area contributed by atoms with Crippen LogP contribution in [0, 0.1) is 17.6 Å². The number of nitrogens with zero attached hydrogens (tertiary/aromatic N) is 1. The zero-order valence-electron chi connectivity index (χ0n) is 10.2. The Morgan fingerprint density at radius 1 is 1.29 bits per heavy atom. The van der Waals surface area contributed by atoms with Gasteiger partial charge in [-0.3, -0.25) is 4.90 Å². The Morgan fingerprint density at radius 3 is 2.47 bits per heavy atom. The maximum atomic E-state index is 13.0. The quantitative estimate of drug-likeness (QED) is 0.877.